The summed E-state index contributed by atoms with van der Waals surface area (Å²) in [6.07, 6.45) is 7.37. The number of esters is 1. The lowest BCUT2D eigenvalue weighted by atomic mass is 9.76. The van der Waals surface area contributed by atoms with E-state index < -0.39 is 5.41 Å². The van der Waals surface area contributed by atoms with Crippen molar-refractivity contribution in [2.24, 2.45) is 17.3 Å². The van der Waals surface area contributed by atoms with E-state index >= 15 is 0 Å². The Morgan fingerprint density at radius 2 is 2.16 bits per heavy atom. The molecular weight excluding hydrogens is 240 g/mol. The second kappa shape index (κ2) is 4.95. The topological polar surface area (TPSA) is 43.4 Å². The van der Waals surface area contributed by atoms with Crippen LogP contribution < -0.4 is 0 Å². The van der Waals surface area contributed by atoms with Crippen LogP contribution in [0.15, 0.2) is 23.8 Å². The third kappa shape index (κ3) is 2.65. The predicted molar refractivity (Wildman–Crippen MR) is 73.5 cm³/mol. The molecule has 0 saturated carbocycles. The number of hydrogen-bond donors (Lipinski definition) is 0. The van der Waals surface area contributed by atoms with E-state index in [1.807, 2.05) is 19.9 Å². The maximum absolute atomic E-state index is 11.9. The minimum Gasteiger partial charge on any atom is -0.462 e. The van der Waals surface area contributed by atoms with Crippen molar-refractivity contribution in [2.45, 2.75) is 46.6 Å². The zero-order valence-electron chi connectivity index (χ0n) is 12.1. The van der Waals surface area contributed by atoms with E-state index in [-0.39, 0.29) is 23.8 Å². The lowest BCUT2D eigenvalue weighted by Crippen LogP contribution is -2.28. The molecule has 2 rings (SSSR count). The molecule has 3 atom stereocenters. The molecule has 0 bridgehead atoms. The van der Waals surface area contributed by atoms with E-state index in [2.05, 4.69) is 13.0 Å². The van der Waals surface area contributed by atoms with Crippen molar-refractivity contribution in [1.82, 2.24) is 0 Å². The molecule has 0 aromatic heterocycles. The van der Waals surface area contributed by atoms with Crippen molar-refractivity contribution in [3.05, 3.63) is 23.8 Å². The Hall–Kier alpha value is -1.38. The Balaban J connectivity index is 2.22. The van der Waals surface area contributed by atoms with E-state index in [1.165, 1.54) is 5.57 Å². The molecule has 3 nitrogen and oxygen atoms in total. The molecule has 0 spiro atoms. The molecule has 0 radical (unpaired) electrons. The standard InChI is InChI=1S/C16H22O3/c1-10-9-14-13(16(3,4)15(18)19-14)8-7-12(10)6-5-11(2)17/h5-7,10,13-14H,8-9H2,1-4H3/b6-5+/t10-,13-,14-/m0/s1. The molecule has 0 unspecified atom stereocenters. The maximum atomic E-state index is 11.9. The zero-order chi connectivity index (χ0) is 14.2. The number of ether oxygens (including phenoxy) is 1. The third-order valence-electron chi connectivity index (χ3n) is 4.43. The smallest absolute Gasteiger partial charge is 0.312 e. The minimum atomic E-state index is -0.402. The highest BCUT2D eigenvalue weighted by Crippen LogP contribution is 2.46. The van der Waals surface area contributed by atoms with E-state index in [4.69, 9.17) is 4.74 Å². The highest BCUT2D eigenvalue weighted by Gasteiger charge is 2.51. The molecule has 1 heterocycles. The summed E-state index contributed by atoms with van der Waals surface area (Å²) < 4.78 is 5.54. The Bertz CT molecular complexity index is 457. The van der Waals surface area contributed by atoms with Gasteiger partial charge in [-0.25, -0.2) is 0 Å². The molecule has 104 valence electrons. The van der Waals surface area contributed by atoms with Gasteiger partial charge in [0.2, 0.25) is 0 Å². The first kappa shape index (κ1) is 14.0. The number of carbonyl (C=O) groups is 2. The molecule has 1 fully saturated rings. The van der Waals surface area contributed by atoms with Gasteiger partial charge in [-0.3, -0.25) is 9.59 Å². The largest absolute Gasteiger partial charge is 0.462 e. The second-order valence-corrected chi connectivity index (χ2v) is 6.29. The van der Waals surface area contributed by atoms with Crippen molar-refractivity contribution >= 4 is 11.8 Å². The lowest BCUT2D eigenvalue weighted by molar-refractivity contribution is -0.147. The molecule has 19 heavy (non-hydrogen) atoms. The number of hydrogen-bond acceptors (Lipinski definition) is 3. The molecular formula is C16H22O3. The van der Waals surface area contributed by atoms with E-state index in [1.54, 1.807) is 13.0 Å². The fourth-order valence-electron chi connectivity index (χ4n) is 3.04. The van der Waals surface area contributed by atoms with E-state index in [0.29, 0.717) is 5.92 Å². The van der Waals surface area contributed by atoms with Crippen LogP contribution in [0.25, 0.3) is 0 Å². The summed E-state index contributed by atoms with van der Waals surface area (Å²) in [5.41, 5.74) is 0.775. The Labute approximate surface area is 114 Å². The molecule has 0 amide bonds. The first-order chi connectivity index (χ1) is 8.82. The van der Waals surface area contributed by atoms with Crippen LogP contribution in [-0.4, -0.2) is 17.9 Å². The molecule has 0 aromatic carbocycles. The first-order valence-electron chi connectivity index (χ1n) is 6.92. The van der Waals surface area contributed by atoms with Crippen LogP contribution >= 0.6 is 0 Å². The van der Waals surface area contributed by atoms with Crippen LogP contribution in [0.3, 0.4) is 0 Å². The lowest BCUT2D eigenvalue weighted by Gasteiger charge is -2.23. The zero-order valence-corrected chi connectivity index (χ0v) is 12.1. The number of carbonyl (C=O) groups excluding carboxylic acids is 2. The number of rotatable bonds is 2. The maximum Gasteiger partial charge on any atom is 0.312 e. The van der Waals surface area contributed by atoms with Gasteiger partial charge in [0.25, 0.3) is 0 Å². The van der Waals surface area contributed by atoms with Gasteiger partial charge in [-0.15, -0.1) is 0 Å². The molecule has 1 aliphatic carbocycles. The molecule has 1 saturated heterocycles. The summed E-state index contributed by atoms with van der Waals surface area (Å²) in [7, 11) is 0. The molecule has 0 aromatic rings. The van der Waals surface area contributed by atoms with Crippen LogP contribution in [0.1, 0.15) is 40.5 Å². The SMILES string of the molecule is CC(=O)/C=C/C1=CC[C@H]2[C@H](C[C@@H]1C)OC(=O)C2(C)C. The van der Waals surface area contributed by atoms with Crippen molar-refractivity contribution in [3.63, 3.8) is 0 Å². The monoisotopic (exact) mass is 262 g/mol. The van der Waals surface area contributed by atoms with Crippen molar-refractivity contribution < 1.29 is 14.3 Å². The van der Waals surface area contributed by atoms with E-state index in [9.17, 15) is 9.59 Å². The van der Waals surface area contributed by atoms with Gasteiger partial charge in [-0.1, -0.05) is 19.1 Å². The number of fused-ring (bicyclic) bond motifs is 1. The second-order valence-electron chi connectivity index (χ2n) is 6.29. The average molecular weight is 262 g/mol. The summed E-state index contributed by atoms with van der Waals surface area (Å²) in [5.74, 6) is 0.535. The van der Waals surface area contributed by atoms with Gasteiger partial charge in [0.15, 0.2) is 5.78 Å². The number of allylic oxidation sites excluding steroid dienone is 4. The Kier molecular flexibility index (Phi) is 3.66. The number of ketones is 1. The molecule has 3 heteroatoms. The van der Waals surface area contributed by atoms with Crippen LogP contribution in [0.5, 0.6) is 0 Å². The predicted octanol–water partition coefficient (Wildman–Crippen LogP) is 3.06. The van der Waals surface area contributed by atoms with Gasteiger partial charge in [-0.05, 0) is 51.2 Å². The average Bonchev–Trinajstić information content (AvgIpc) is 2.45. The Morgan fingerprint density at radius 3 is 2.79 bits per heavy atom. The quantitative estimate of drug-likeness (QED) is 0.567. The van der Waals surface area contributed by atoms with Crippen molar-refractivity contribution in [2.75, 3.05) is 0 Å². The Morgan fingerprint density at radius 1 is 1.47 bits per heavy atom. The van der Waals surface area contributed by atoms with Crippen LogP contribution in [0.2, 0.25) is 0 Å². The fourth-order valence-corrected chi connectivity index (χ4v) is 3.04. The van der Waals surface area contributed by atoms with Gasteiger partial charge in [0.05, 0.1) is 5.41 Å². The van der Waals surface area contributed by atoms with Gasteiger partial charge >= 0.3 is 5.97 Å². The van der Waals surface area contributed by atoms with Gasteiger partial charge in [0.1, 0.15) is 6.10 Å². The summed E-state index contributed by atoms with van der Waals surface area (Å²) >= 11 is 0. The highest BCUT2D eigenvalue weighted by molar-refractivity contribution is 5.87. The van der Waals surface area contributed by atoms with Gasteiger partial charge in [-0.2, -0.15) is 0 Å². The summed E-state index contributed by atoms with van der Waals surface area (Å²) in [5, 5.41) is 0. The highest BCUT2D eigenvalue weighted by atomic mass is 16.6. The van der Waals surface area contributed by atoms with Crippen LogP contribution in [0, 0.1) is 17.3 Å². The van der Waals surface area contributed by atoms with Crippen molar-refractivity contribution in [3.8, 4) is 0 Å². The summed E-state index contributed by atoms with van der Waals surface area (Å²) in [4.78, 5) is 22.9. The summed E-state index contributed by atoms with van der Waals surface area (Å²) in [6, 6.07) is 0. The molecule has 2 aliphatic rings. The summed E-state index contributed by atoms with van der Waals surface area (Å²) in [6.45, 7) is 7.61. The van der Waals surface area contributed by atoms with Gasteiger partial charge < -0.3 is 4.74 Å². The van der Waals surface area contributed by atoms with Crippen LogP contribution in [-0.2, 0) is 14.3 Å². The van der Waals surface area contributed by atoms with Gasteiger partial charge in [0, 0.05) is 5.92 Å². The van der Waals surface area contributed by atoms with Crippen LogP contribution in [0.4, 0.5) is 0 Å². The molecule has 0 N–H and O–H groups in total. The molecule has 1 aliphatic heterocycles. The van der Waals surface area contributed by atoms with E-state index in [0.717, 1.165) is 12.8 Å². The normalized spacial score (nSPS) is 33.6. The fraction of sp³-hybridized carbons (Fsp3) is 0.625. The van der Waals surface area contributed by atoms with Crippen molar-refractivity contribution in [1.29, 1.82) is 0 Å². The third-order valence-corrected chi connectivity index (χ3v) is 4.43. The minimum absolute atomic E-state index is 0.0111. The first-order valence-corrected chi connectivity index (χ1v) is 6.92.